The van der Waals surface area contributed by atoms with E-state index in [4.69, 9.17) is 24.8 Å². The van der Waals surface area contributed by atoms with Crippen molar-refractivity contribution in [3.63, 3.8) is 0 Å². The molecule has 4 heteroatoms. The van der Waals surface area contributed by atoms with Crippen LogP contribution in [-0.4, -0.2) is 17.8 Å². The summed E-state index contributed by atoms with van der Waals surface area (Å²) in [6.07, 6.45) is 0. The van der Waals surface area contributed by atoms with Gasteiger partial charge in [0.2, 0.25) is 0 Å². The molecule has 0 saturated carbocycles. The Morgan fingerprint density at radius 3 is 2.36 bits per heavy atom. The van der Waals surface area contributed by atoms with E-state index in [1.807, 2.05) is 30.3 Å². The number of benzene rings is 1. The Hall–Kier alpha value is 0.132. The molecule has 0 bridgehead atoms. The second-order valence-electron chi connectivity index (χ2n) is 2.02. The Morgan fingerprint density at radius 1 is 1.18 bits per heavy atom. The van der Waals surface area contributed by atoms with Crippen LogP contribution in [0.2, 0.25) is 0 Å². The van der Waals surface area contributed by atoms with Crippen molar-refractivity contribution in [3.8, 4) is 5.75 Å². The molecule has 0 N–H and O–H groups in total. The molecule has 0 spiro atoms. The fourth-order valence-electron chi connectivity index (χ4n) is 0.676. The summed E-state index contributed by atoms with van der Waals surface area (Å²) < 4.78 is 5.27. The van der Waals surface area contributed by atoms with Gasteiger partial charge in [0.05, 0.1) is 5.47 Å². The molecule has 0 atom stereocenters. The lowest BCUT2D eigenvalue weighted by atomic mass is 10.3. The van der Waals surface area contributed by atoms with Gasteiger partial charge >= 0.3 is 12.3 Å². The summed E-state index contributed by atoms with van der Waals surface area (Å²) in [6.45, 7) is 0. The van der Waals surface area contributed by atoms with Crippen molar-refractivity contribution < 1.29 is 4.74 Å². The lowest BCUT2D eigenvalue weighted by Gasteiger charge is -2.02. The molecule has 1 aromatic rings. The Morgan fingerprint density at radius 2 is 1.82 bits per heavy atom. The number of ether oxygens (including phenoxy) is 1. The zero-order valence-electron chi connectivity index (χ0n) is 5.84. The molecule has 11 heavy (non-hydrogen) atoms. The van der Waals surface area contributed by atoms with Crippen molar-refractivity contribution in [2.24, 2.45) is 0 Å². The van der Waals surface area contributed by atoms with Crippen LogP contribution in [0.3, 0.4) is 0 Å². The van der Waals surface area contributed by atoms with Crippen LogP contribution in [0, 0.1) is 0 Å². The van der Waals surface area contributed by atoms with Crippen molar-refractivity contribution >= 4 is 32.4 Å². The zero-order valence-corrected chi connectivity index (χ0v) is 8.50. The number of para-hydroxylation sites is 1. The maximum atomic E-state index is 5.61. The quantitative estimate of drug-likeness (QED) is 0.689. The Kier molecular flexibility index (Phi) is 4.11. The van der Waals surface area contributed by atoms with Crippen molar-refractivity contribution in [1.29, 1.82) is 0 Å². The second-order valence-corrected chi connectivity index (χ2v) is 6.96. The fourth-order valence-corrected chi connectivity index (χ4v) is 1.37. The third-order valence-corrected chi connectivity index (χ3v) is 2.29. The summed E-state index contributed by atoms with van der Waals surface area (Å²) in [5.74, 6) is 0.825. The highest BCUT2D eigenvalue weighted by molar-refractivity contribution is 7.33. The third-order valence-electron chi connectivity index (χ3n) is 1.12. The van der Waals surface area contributed by atoms with Gasteiger partial charge in [0.1, 0.15) is 5.75 Å². The molecule has 0 aliphatic carbocycles. The molecule has 0 aliphatic rings. The topological polar surface area (TPSA) is 9.23 Å². The van der Waals surface area contributed by atoms with E-state index in [0.29, 0.717) is 5.47 Å². The van der Waals surface area contributed by atoms with Gasteiger partial charge in [-0.05, 0) is 12.1 Å². The first-order valence-corrected chi connectivity index (χ1v) is 7.56. The first kappa shape index (κ1) is 9.22. The van der Waals surface area contributed by atoms with Gasteiger partial charge in [-0.3, -0.25) is 0 Å². The molecular weight excluding hydrogens is 198 g/mol. The van der Waals surface area contributed by atoms with Crippen molar-refractivity contribution in [3.05, 3.63) is 30.3 Å². The second kappa shape index (κ2) is 4.90. The van der Waals surface area contributed by atoms with E-state index in [1.165, 1.54) is 0 Å². The monoisotopic (exact) mass is 204 g/mol. The highest BCUT2D eigenvalue weighted by Gasteiger charge is 2.10. The number of rotatable bonds is 3. The maximum Gasteiger partial charge on any atom is 0.558 e. The van der Waals surface area contributed by atoms with E-state index in [0.717, 1.165) is 5.75 Å². The van der Waals surface area contributed by atoms with Crippen LogP contribution < -0.4 is 4.74 Å². The summed E-state index contributed by atoms with van der Waals surface area (Å²) in [7, 11) is 11.2. The van der Waals surface area contributed by atoms with Gasteiger partial charge in [0, 0.05) is 0 Å². The number of halogens is 2. The summed E-state index contributed by atoms with van der Waals surface area (Å²) in [4.78, 5) is 0. The van der Waals surface area contributed by atoms with Crippen LogP contribution in [0.1, 0.15) is 0 Å². The summed E-state index contributed by atoms with van der Waals surface area (Å²) in [5.41, 5.74) is 0.465. The Labute approximate surface area is 78.7 Å². The van der Waals surface area contributed by atoms with Gasteiger partial charge in [0.15, 0.2) is 0 Å². The molecule has 0 fully saturated rings. The predicted molar refractivity (Wildman–Crippen MR) is 49.4 cm³/mol. The van der Waals surface area contributed by atoms with Crippen LogP contribution in [0.5, 0.6) is 5.75 Å². The third kappa shape index (κ3) is 3.89. The highest BCUT2D eigenvalue weighted by atomic mass is 35.7. The largest absolute Gasteiger partial charge is 0.558 e. The van der Waals surface area contributed by atoms with E-state index in [-0.39, 0.29) is 0 Å². The smallest absolute Gasteiger partial charge is 0.505 e. The van der Waals surface area contributed by atoms with Gasteiger partial charge in [-0.25, -0.2) is 20.1 Å². The standard InChI is InChI=1S/C7H7O.Al.2ClH/c1-8-7-5-3-2-4-6-7;;;/h2-6H,1H2;;2*1H/q;+2;;/p-2. The molecule has 0 aromatic heterocycles. The van der Waals surface area contributed by atoms with E-state index >= 15 is 0 Å². The molecule has 0 unspecified atom stereocenters. The van der Waals surface area contributed by atoms with Crippen LogP contribution in [0.25, 0.3) is 0 Å². The molecule has 58 valence electrons. The van der Waals surface area contributed by atoms with Crippen molar-refractivity contribution in [2.75, 3.05) is 5.47 Å². The first-order valence-electron chi connectivity index (χ1n) is 3.25. The molecule has 0 amide bonds. The number of hydrogen-bond donors (Lipinski definition) is 0. The van der Waals surface area contributed by atoms with Gasteiger partial charge in [-0.15, -0.1) is 0 Å². The Balaban J connectivity index is 2.39. The SMILES string of the molecule is [Cl][Al]([Cl])[CH2]Oc1ccccc1. The Bertz CT molecular complexity index is 203. The van der Waals surface area contributed by atoms with Gasteiger partial charge in [-0.2, -0.15) is 0 Å². The lowest BCUT2D eigenvalue weighted by Crippen LogP contribution is -2.09. The maximum absolute atomic E-state index is 5.61. The molecule has 1 rings (SSSR count). The highest BCUT2D eigenvalue weighted by Crippen LogP contribution is 2.09. The van der Waals surface area contributed by atoms with E-state index in [1.54, 1.807) is 0 Å². The molecular formula is C7H7AlCl2O. The lowest BCUT2D eigenvalue weighted by molar-refractivity contribution is 0.385. The molecule has 1 aromatic carbocycles. The van der Waals surface area contributed by atoms with Crippen LogP contribution in [0.15, 0.2) is 30.3 Å². The van der Waals surface area contributed by atoms with Gasteiger partial charge < -0.3 is 4.74 Å². The minimum atomic E-state index is -1.62. The molecule has 0 saturated heterocycles. The molecule has 0 radical (unpaired) electrons. The molecule has 0 heterocycles. The van der Waals surface area contributed by atoms with Gasteiger partial charge in [-0.1, -0.05) is 18.2 Å². The fraction of sp³-hybridized carbons (Fsp3) is 0.143. The van der Waals surface area contributed by atoms with Crippen LogP contribution in [-0.2, 0) is 0 Å². The predicted octanol–water partition coefficient (Wildman–Crippen LogP) is 2.57. The summed E-state index contributed by atoms with van der Waals surface area (Å²) in [6, 6.07) is 9.51. The minimum Gasteiger partial charge on any atom is -0.505 e. The normalized spacial score (nSPS) is 9.27. The van der Waals surface area contributed by atoms with E-state index < -0.39 is 12.3 Å². The van der Waals surface area contributed by atoms with E-state index in [9.17, 15) is 0 Å². The van der Waals surface area contributed by atoms with Gasteiger partial charge in [0.25, 0.3) is 0 Å². The zero-order chi connectivity index (χ0) is 8.10. The molecule has 1 nitrogen and oxygen atoms in total. The van der Waals surface area contributed by atoms with Crippen LogP contribution >= 0.6 is 20.1 Å². The first-order chi connectivity index (χ1) is 5.29. The number of hydrogen-bond acceptors (Lipinski definition) is 1. The van der Waals surface area contributed by atoms with Crippen molar-refractivity contribution in [2.45, 2.75) is 0 Å². The minimum absolute atomic E-state index is 0.465. The average Bonchev–Trinajstić information content (AvgIpc) is 2.03. The molecule has 0 aliphatic heterocycles. The average molecular weight is 205 g/mol. The summed E-state index contributed by atoms with van der Waals surface area (Å²) >= 11 is -1.62. The van der Waals surface area contributed by atoms with Crippen molar-refractivity contribution in [1.82, 2.24) is 0 Å². The van der Waals surface area contributed by atoms with Crippen LogP contribution in [0.4, 0.5) is 0 Å². The van der Waals surface area contributed by atoms with E-state index in [2.05, 4.69) is 0 Å². The summed E-state index contributed by atoms with van der Waals surface area (Å²) in [5, 5.41) is 0.